The van der Waals surface area contributed by atoms with E-state index in [1.54, 1.807) is 18.0 Å². The Kier molecular flexibility index (Phi) is 1.56. The second-order valence-electron chi connectivity index (χ2n) is 3.02. The Morgan fingerprint density at radius 1 is 1.75 bits per heavy atom. The second-order valence-corrected chi connectivity index (χ2v) is 3.02. The lowest BCUT2D eigenvalue weighted by atomic mass is 9.97. The molecule has 0 radical (unpaired) electrons. The van der Waals surface area contributed by atoms with Crippen molar-refractivity contribution in [3.63, 3.8) is 0 Å². The Morgan fingerprint density at radius 2 is 2.50 bits per heavy atom. The summed E-state index contributed by atoms with van der Waals surface area (Å²) in [5, 5.41) is 10.2. The fourth-order valence-electron chi connectivity index (χ4n) is 1.33. The number of aromatic amines is 1. The molecule has 64 valence electrons. The Labute approximate surface area is 69.8 Å². The number of carbonyl (C=O) groups excluding carboxylic acids is 1. The Morgan fingerprint density at radius 3 is 3.00 bits per heavy atom. The van der Waals surface area contributed by atoms with E-state index in [1.807, 2.05) is 0 Å². The van der Waals surface area contributed by atoms with Gasteiger partial charge in [0, 0.05) is 32.1 Å². The van der Waals surface area contributed by atoms with Crippen LogP contribution in [0, 0.1) is 0 Å². The summed E-state index contributed by atoms with van der Waals surface area (Å²) in [6.45, 7) is 3.14. The SMILES string of the molecule is CC(=O)N1CC(c2c[nH]nn2)C1. The van der Waals surface area contributed by atoms with Crippen LogP contribution in [0.2, 0.25) is 0 Å². The minimum absolute atomic E-state index is 0.134. The zero-order chi connectivity index (χ0) is 8.55. The number of hydrogen-bond acceptors (Lipinski definition) is 3. The average molecular weight is 166 g/mol. The quantitative estimate of drug-likeness (QED) is 0.625. The van der Waals surface area contributed by atoms with Crippen LogP contribution in [0.1, 0.15) is 18.5 Å². The zero-order valence-corrected chi connectivity index (χ0v) is 6.82. The van der Waals surface area contributed by atoms with Crippen molar-refractivity contribution in [2.45, 2.75) is 12.8 Å². The average Bonchev–Trinajstić information content (AvgIpc) is 2.34. The van der Waals surface area contributed by atoms with Crippen LogP contribution in [0.4, 0.5) is 0 Å². The number of carbonyl (C=O) groups is 1. The number of likely N-dealkylation sites (tertiary alicyclic amines) is 1. The summed E-state index contributed by atoms with van der Waals surface area (Å²) in [5.74, 6) is 0.516. The number of rotatable bonds is 1. The topological polar surface area (TPSA) is 61.9 Å². The van der Waals surface area contributed by atoms with Crippen molar-refractivity contribution in [3.05, 3.63) is 11.9 Å². The van der Waals surface area contributed by atoms with Gasteiger partial charge < -0.3 is 4.90 Å². The van der Waals surface area contributed by atoms with Crippen LogP contribution >= 0.6 is 0 Å². The fourth-order valence-corrected chi connectivity index (χ4v) is 1.33. The van der Waals surface area contributed by atoms with Crippen LogP contribution in [-0.4, -0.2) is 39.3 Å². The first kappa shape index (κ1) is 7.27. The lowest BCUT2D eigenvalue weighted by Gasteiger charge is -2.37. The third-order valence-corrected chi connectivity index (χ3v) is 2.18. The van der Waals surface area contributed by atoms with Crippen molar-refractivity contribution >= 4 is 5.91 Å². The number of nitrogens with one attached hydrogen (secondary N) is 1. The monoisotopic (exact) mass is 166 g/mol. The van der Waals surface area contributed by atoms with E-state index in [0.29, 0.717) is 5.92 Å². The van der Waals surface area contributed by atoms with Gasteiger partial charge in [-0.15, -0.1) is 5.10 Å². The molecule has 0 unspecified atom stereocenters. The van der Waals surface area contributed by atoms with Crippen molar-refractivity contribution in [2.75, 3.05) is 13.1 Å². The molecular weight excluding hydrogens is 156 g/mol. The van der Waals surface area contributed by atoms with Crippen LogP contribution in [0.3, 0.4) is 0 Å². The summed E-state index contributed by atoms with van der Waals surface area (Å²) >= 11 is 0. The van der Waals surface area contributed by atoms with Gasteiger partial charge in [0.2, 0.25) is 5.91 Å². The van der Waals surface area contributed by atoms with Gasteiger partial charge >= 0.3 is 0 Å². The van der Waals surface area contributed by atoms with Crippen molar-refractivity contribution in [1.29, 1.82) is 0 Å². The summed E-state index contributed by atoms with van der Waals surface area (Å²) in [5.41, 5.74) is 0.951. The summed E-state index contributed by atoms with van der Waals surface area (Å²) in [7, 11) is 0. The predicted molar refractivity (Wildman–Crippen MR) is 41.4 cm³/mol. The molecule has 1 N–H and O–H groups in total. The highest BCUT2D eigenvalue weighted by Crippen LogP contribution is 2.24. The van der Waals surface area contributed by atoms with Gasteiger partial charge in [-0.3, -0.25) is 9.89 Å². The molecule has 1 aromatic heterocycles. The first-order valence-corrected chi connectivity index (χ1v) is 3.89. The maximum atomic E-state index is 10.8. The maximum Gasteiger partial charge on any atom is 0.219 e. The Balaban J connectivity index is 1.94. The summed E-state index contributed by atoms with van der Waals surface area (Å²) in [6, 6.07) is 0. The minimum atomic E-state index is 0.134. The predicted octanol–water partition coefficient (Wildman–Crippen LogP) is -0.250. The number of aromatic nitrogens is 3. The molecule has 1 amide bonds. The van der Waals surface area contributed by atoms with Gasteiger partial charge in [0.15, 0.2) is 0 Å². The molecule has 0 bridgehead atoms. The first-order valence-electron chi connectivity index (χ1n) is 3.89. The van der Waals surface area contributed by atoms with E-state index in [-0.39, 0.29) is 5.91 Å². The Hall–Kier alpha value is -1.39. The molecule has 0 spiro atoms. The molecular formula is C7H10N4O. The van der Waals surface area contributed by atoms with Gasteiger partial charge in [0.25, 0.3) is 0 Å². The summed E-state index contributed by atoms with van der Waals surface area (Å²) in [4.78, 5) is 12.6. The van der Waals surface area contributed by atoms with Crippen molar-refractivity contribution in [2.24, 2.45) is 0 Å². The van der Waals surface area contributed by atoms with Gasteiger partial charge in [-0.25, -0.2) is 0 Å². The lowest BCUT2D eigenvalue weighted by Crippen LogP contribution is -2.47. The van der Waals surface area contributed by atoms with E-state index >= 15 is 0 Å². The molecule has 0 aliphatic carbocycles. The zero-order valence-electron chi connectivity index (χ0n) is 6.82. The number of nitrogens with zero attached hydrogens (tertiary/aromatic N) is 3. The Bertz CT molecular complexity index is 276. The second kappa shape index (κ2) is 2.58. The van der Waals surface area contributed by atoms with Crippen LogP contribution in [0.25, 0.3) is 0 Å². The molecule has 1 aliphatic rings. The van der Waals surface area contributed by atoms with Gasteiger partial charge in [-0.2, -0.15) is 0 Å². The lowest BCUT2D eigenvalue weighted by molar-refractivity contribution is -0.133. The fraction of sp³-hybridized carbons (Fsp3) is 0.571. The first-order chi connectivity index (χ1) is 5.77. The third-order valence-electron chi connectivity index (χ3n) is 2.18. The van der Waals surface area contributed by atoms with E-state index in [4.69, 9.17) is 0 Å². The molecule has 0 aromatic carbocycles. The van der Waals surface area contributed by atoms with Gasteiger partial charge in [0.1, 0.15) is 0 Å². The standard InChI is InChI=1S/C7H10N4O/c1-5(12)11-3-6(4-11)7-2-8-10-9-7/h2,6H,3-4H2,1H3,(H,8,9,10). The molecule has 1 saturated heterocycles. The van der Waals surface area contributed by atoms with E-state index in [2.05, 4.69) is 15.4 Å². The number of amides is 1. The van der Waals surface area contributed by atoms with Gasteiger partial charge in [-0.1, -0.05) is 5.21 Å². The van der Waals surface area contributed by atoms with Crippen LogP contribution in [-0.2, 0) is 4.79 Å². The van der Waals surface area contributed by atoms with Crippen LogP contribution < -0.4 is 0 Å². The minimum Gasteiger partial charge on any atom is -0.341 e. The normalized spacial score (nSPS) is 17.6. The molecule has 1 fully saturated rings. The maximum absolute atomic E-state index is 10.8. The van der Waals surface area contributed by atoms with Crippen LogP contribution in [0.5, 0.6) is 0 Å². The molecule has 2 heterocycles. The largest absolute Gasteiger partial charge is 0.341 e. The molecule has 2 rings (SSSR count). The van der Waals surface area contributed by atoms with E-state index in [0.717, 1.165) is 18.8 Å². The van der Waals surface area contributed by atoms with E-state index in [9.17, 15) is 4.79 Å². The third kappa shape index (κ3) is 1.07. The van der Waals surface area contributed by atoms with E-state index in [1.165, 1.54) is 0 Å². The highest BCUT2D eigenvalue weighted by molar-refractivity contribution is 5.74. The molecule has 1 aliphatic heterocycles. The molecule has 0 atom stereocenters. The molecule has 1 aromatic rings. The molecule has 0 saturated carbocycles. The number of H-pyrrole nitrogens is 1. The smallest absolute Gasteiger partial charge is 0.219 e. The highest BCUT2D eigenvalue weighted by atomic mass is 16.2. The molecule has 5 heteroatoms. The summed E-state index contributed by atoms with van der Waals surface area (Å²) in [6.07, 6.45) is 1.78. The molecule has 12 heavy (non-hydrogen) atoms. The number of hydrogen-bond donors (Lipinski definition) is 1. The van der Waals surface area contributed by atoms with E-state index < -0.39 is 0 Å². The van der Waals surface area contributed by atoms with Gasteiger partial charge in [0.05, 0.1) is 5.69 Å². The van der Waals surface area contributed by atoms with Crippen molar-refractivity contribution in [3.8, 4) is 0 Å². The van der Waals surface area contributed by atoms with Crippen LogP contribution in [0.15, 0.2) is 6.20 Å². The van der Waals surface area contributed by atoms with Crippen molar-refractivity contribution < 1.29 is 4.79 Å². The summed E-state index contributed by atoms with van der Waals surface area (Å²) < 4.78 is 0. The van der Waals surface area contributed by atoms with Crippen molar-refractivity contribution in [1.82, 2.24) is 20.3 Å². The highest BCUT2D eigenvalue weighted by Gasteiger charge is 2.31. The van der Waals surface area contributed by atoms with Gasteiger partial charge in [-0.05, 0) is 0 Å². The molecule has 5 nitrogen and oxygen atoms in total.